The van der Waals surface area contributed by atoms with Gasteiger partial charge in [0.25, 0.3) is 5.91 Å². The Kier molecular flexibility index (Phi) is 6.39. The van der Waals surface area contributed by atoms with Crippen molar-refractivity contribution < 1.29 is 4.79 Å². The average Bonchev–Trinajstić information content (AvgIpc) is 2.42. The van der Waals surface area contributed by atoms with Crippen molar-refractivity contribution in [3.8, 4) is 0 Å². The molecule has 1 amide bonds. The number of hydrogen-bond acceptors (Lipinski definition) is 4. The molecule has 0 radical (unpaired) electrons. The number of nitrogens with zero attached hydrogens (tertiary/aromatic N) is 1. The first kappa shape index (κ1) is 18.6. The fraction of sp³-hybridized carbons (Fsp3) is 0.529. The van der Waals surface area contributed by atoms with Gasteiger partial charge >= 0.3 is 0 Å². The molecule has 1 aliphatic rings. The molecule has 126 valence electrons. The van der Waals surface area contributed by atoms with Crippen molar-refractivity contribution in [2.75, 3.05) is 23.9 Å². The molecule has 0 aromatic heterocycles. The number of carbonyl (C=O) groups excluding carboxylic acids is 1. The van der Waals surface area contributed by atoms with Gasteiger partial charge in [-0.05, 0) is 30.9 Å². The Morgan fingerprint density at radius 1 is 1.39 bits per heavy atom. The molecule has 1 fully saturated rings. The molecule has 2 rings (SSSR count). The average molecular weight is 367 g/mol. The third-order valence-corrected chi connectivity index (χ3v) is 6.72. The van der Waals surface area contributed by atoms with E-state index >= 15 is 0 Å². The van der Waals surface area contributed by atoms with Gasteiger partial charge in [0.2, 0.25) is 0 Å². The van der Waals surface area contributed by atoms with E-state index in [9.17, 15) is 4.79 Å². The summed E-state index contributed by atoms with van der Waals surface area (Å²) in [5.74, 6) is 2.11. The van der Waals surface area contributed by atoms with Gasteiger partial charge in [0, 0.05) is 34.8 Å². The van der Waals surface area contributed by atoms with Crippen molar-refractivity contribution in [1.82, 2.24) is 5.32 Å². The SMILES string of the molecule is CSC(=NC[Si](C)(C)C)c1ccc(C(=O)NC2CSC2)c(C)c1. The monoisotopic (exact) mass is 366 g/mol. The number of aliphatic imine (C=N–C) groups is 1. The van der Waals surface area contributed by atoms with Gasteiger partial charge in [0.05, 0.1) is 13.1 Å². The van der Waals surface area contributed by atoms with Crippen LogP contribution in [0.4, 0.5) is 0 Å². The van der Waals surface area contributed by atoms with Gasteiger partial charge < -0.3 is 5.32 Å². The van der Waals surface area contributed by atoms with Crippen LogP contribution < -0.4 is 5.32 Å². The lowest BCUT2D eigenvalue weighted by molar-refractivity contribution is 0.0942. The molecule has 3 nitrogen and oxygen atoms in total. The second-order valence-corrected chi connectivity index (χ2v) is 14.4. The smallest absolute Gasteiger partial charge is 0.251 e. The van der Waals surface area contributed by atoms with Crippen molar-refractivity contribution in [1.29, 1.82) is 0 Å². The van der Waals surface area contributed by atoms with E-state index in [4.69, 9.17) is 4.99 Å². The predicted octanol–water partition coefficient (Wildman–Crippen LogP) is 3.83. The molecule has 1 aromatic rings. The minimum absolute atomic E-state index is 0.0455. The Bertz CT molecular complexity index is 607. The highest BCUT2D eigenvalue weighted by atomic mass is 32.2. The topological polar surface area (TPSA) is 41.5 Å². The molecule has 6 heteroatoms. The molecule has 23 heavy (non-hydrogen) atoms. The van der Waals surface area contributed by atoms with Gasteiger partial charge in [0.15, 0.2) is 0 Å². The molecule has 1 saturated heterocycles. The summed E-state index contributed by atoms with van der Waals surface area (Å²) in [6, 6.07) is 6.39. The molecule has 0 aliphatic carbocycles. The molecule has 0 atom stereocenters. The molecule has 0 unspecified atom stereocenters. The lowest BCUT2D eigenvalue weighted by Crippen LogP contribution is -2.44. The third-order valence-electron chi connectivity index (χ3n) is 3.58. The number of aryl methyl sites for hydroxylation is 1. The van der Waals surface area contributed by atoms with Crippen molar-refractivity contribution in [3.05, 3.63) is 34.9 Å². The van der Waals surface area contributed by atoms with E-state index in [2.05, 4.69) is 37.3 Å². The largest absolute Gasteiger partial charge is 0.348 e. The van der Waals surface area contributed by atoms with Crippen LogP contribution in [0.15, 0.2) is 23.2 Å². The summed E-state index contributed by atoms with van der Waals surface area (Å²) in [5.41, 5.74) is 2.90. The van der Waals surface area contributed by atoms with Gasteiger partial charge in [0.1, 0.15) is 0 Å². The molecule has 0 spiro atoms. The molecular weight excluding hydrogens is 340 g/mol. The molecule has 1 aromatic carbocycles. The lowest BCUT2D eigenvalue weighted by atomic mass is 10.0. The zero-order valence-corrected chi connectivity index (χ0v) is 17.2. The quantitative estimate of drug-likeness (QED) is 0.489. The first-order chi connectivity index (χ1) is 10.8. The minimum Gasteiger partial charge on any atom is -0.348 e. The van der Waals surface area contributed by atoms with Crippen LogP contribution in [0, 0.1) is 6.92 Å². The van der Waals surface area contributed by atoms with Gasteiger partial charge in [-0.3, -0.25) is 9.79 Å². The van der Waals surface area contributed by atoms with Crippen LogP contribution in [0.3, 0.4) is 0 Å². The van der Waals surface area contributed by atoms with E-state index in [0.29, 0.717) is 6.04 Å². The van der Waals surface area contributed by atoms with Crippen LogP contribution in [-0.2, 0) is 0 Å². The van der Waals surface area contributed by atoms with Gasteiger partial charge in [-0.15, -0.1) is 11.8 Å². The van der Waals surface area contributed by atoms with E-state index in [1.165, 1.54) is 0 Å². The van der Waals surface area contributed by atoms with E-state index in [0.717, 1.165) is 39.4 Å². The van der Waals surface area contributed by atoms with Crippen LogP contribution in [0.5, 0.6) is 0 Å². The highest BCUT2D eigenvalue weighted by Gasteiger charge is 2.21. The van der Waals surface area contributed by atoms with Crippen LogP contribution in [0.25, 0.3) is 0 Å². The molecular formula is C17H26N2OS2Si. The third kappa shape index (κ3) is 5.40. The molecule has 1 N–H and O–H groups in total. The second kappa shape index (κ2) is 7.90. The maximum atomic E-state index is 12.3. The predicted molar refractivity (Wildman–Crippen MR) is 108 cm³/mol. The van der Waals surface area contributed by atoms with Gasteiger partial charge in [-0.25, -0.2) is 0 Å². The Balaban J connectivity index is 2.14. The lowest BCUT2D eigenvalue weighted by Gasteiger charge is -2.26. The van der Waals surface area contributed by atoms with E-state index in [1.807, 2.05) is 30.8 Å². The summed E-state index contributed by atoms with van der Waals surface area (Å²) in [7, 11) is -1.19. The van der Waals surface area contributed by atoms with E-state index in [-0.39, 0.29) is 5.91 Å². The zero-order valence-electron chi connectivity index (χ0n) is 14.6. The maximum Gasteiger partial charge on any atom is 0.251 e. The Morgan fingerprint density at radius 3 is 2.57 bits per heavy atom. The summed E-state index contributed by atoms with van der Waals surface area (Å²) in [4.78, 5) is 17.1. The summed E-state index contributed by atoms with van der Waals surface area (Å²) < 4.78 is 0. The van der Waals surface area contributed by atoms with Gasteiger partial charge in [-0.1, -0.05) is 25.7 Å². The summed E-state index contributed by atoms with van der Waals surface area (Å²) >= 11 is 3.55. The molecule has 1 heterocycles. The summed E-state index contributed by atoms with van der Waals surface area (Å²) in [6.07, 6.45) is 3.00. The molecule has 1 aliphatic heterocycles. The first-order valence-electron chi connectivity index (χ1n) is 7.88. The summed E-state index contributed by atoms with van der Waals surface area (Å²) in [6.45, 7) is 8.98. The summed E-state index contributed by atoms with van der Waals surface area (Å²) in [5, 5.41) is 4.16. The van der Waals surface area contributed by atoms with Crippen LogP contribution in [-0.4, -0.2) is 49.0 Å². The Morgan fingerprint density at radius 2 is 2.09 bits per heavy atom. The number of benzene rings is 1. The van der Waals surface area contributed by atoms with Crippen molar-refractivity contribution in [2.45, 2.75) is 32.6 Å². The highest BCUT2D eigenvalue weighted by molar-refractivity contribution is 8.13. The van der Waals surface area contributed by atoms with Crippen LogP contribution in [0.1, 0.15) is 21.5 Å². The number of hydrogen-bond donors (Lipinski definition) is 1. The van der Waals surface area contributed by atoms with Crippen molar-refractivity contribution in [3.63, 3.8) is 0 Å². The van der Waals surface area contributed by atoms with Crippen LogP contribution >= 0.6 is 23.5 Å². The molecule has 0 saturated carbocycles. The van der Waals surface area contributed by atoms with Crippen molar-refractivity contribution in [2.24, 2.45) is 4.99 Å². The Labute approximate surface area is 149 Å². The first-order valence-corrected chi connectivity index (χ1v) is 14.0. The Hall–Kier alpha value is -0.723. The number of rotatable bonds is 5. The normalized spacial score (nSPS) is 16.1. The van der Waals surface area contributed by atoms with E-state index in [1.54, 1.807) is 11.8 Å². The van der Waals surface area contributed by atoms with E-state index < -0.39 is 8.07 Å². The maximum absolute atomic E-state index is 12.3. The van der Waals surface area contributed by atoms with Crippen molar-refractivity contribution >= 4 is 42.5 Å². The minimum atomic E-state index is -1.19. The number of thioether (sulfide) groups is 2. The number of nitrogens with one attached hydrogen (secondary N) is 1. The molecule has 0 bridgehead atoms. The number of amides is 1. The fourth-order valence-electron chi connectivity index (χ4n) is 2.22. The van der Waals surface area contributed by atoms with Crippen LogP contribution in [0.2, 0.25) is 19.6 Å². The number of carbonyl (C=O) groups is 1. The highest BCUT2D eigenvalue weighted by Crippen LogP contribution is 2.20. The standard InChI is InChI=1S/C17H26N2OS2Si/c1-12-8-13(17(21-2)18-11-23(3,4)5)6-7-15(12)16(20)19-14-9-22-10-14/h6-8,14H,9-11H2,1-5H3,(H,19,20). The zero-order chi connectivity index (χ0) is 17.0. The van der Waals surface area contributed by atoms with Gasteiger partial charge in [-0.2, -0.15) is 11.8 Å². The fourth-order valence-corrected chi connectivity index (χ4v) is 4.16. The second-order valence-electron chi connectivity index (χ2n) is 7.12.